The average Bonchev–Trinajstić information content (AvgIpc) is 2.85. The molecular weight excluding hydrogens is 372 g/mol. The molecule has 0 bridgehead atoms. The number of nitrogens with one attached hydrogen (secondary N) is 1. The summed E-state index contributed by atoms with van der Waals surface area (Å²) >= 11 is 2.38. The first-order chi connectivity index (χ1) is 10.3. The second-order valence-corrected chi connectivity index (χ2v) is 4.82. The number of benzene rings is 1. The van der Waals surface area contributed by atoms with Crippen LogP contribution in [0.5, 0.6) is 0 Å². The van der Waals surface area contributed by atoms with Crippen molar-refractivity contribution < 1.29 is 22.4 Å². The number of halogens is 5. The molecule has 0 unspecified atom stereocenters. The number of anilines is 1. The number of hydrogen-bond acceptors (Lipinski definition) is 3. The first-order valence-corrected chi connectivity index (χ1v) is 6.36. The summed E-state index contributed by atoms with van der Waals surface area (Å²) < 4.78 is 54.5. The van der Waals surface area contributed by atoms with Crippen LogP contribution in [0.2, 0.25) is 0 Å². The Labute approximate surface area is 129 Å². The van der Waals surface area contributed by atoms with Gasteiger partial charge in [0.2, 0.25) is 5.91 Å². The van der Waals surface area contributed by atoms with Crippen molar-refractivity contribution in [3.8, 4) is 11.8 Å². The van der Waals surface area contributed by atoms with E-state index in [2.05, 4.69) is 26.3 Å². The first-order valence-electron chi connectivity index (χ1n) is 5.57. The predicted octanol–water partition coefficient (Wildman–Crippen LogP) is 3.02. The molecular formula is C12H5BrF4N4O. The van der Waals surface area contributed by atoms with Crippen molar-refractivity contribution in [3.05, 3.63) is 39.5 Å². The maximum atomic E-state index is 14.0. The van der Waals surface area contributed by atoms with Gasteiger partial charge in [0.1, 0.15) is 17.3 Å². The third-order valence-corrected chi connectivity index (χ3v) is 3.28. The predicted molar refractivity (Wildman–Crippen MR) is 70.1 cm³/mol. The van der Waals surface area contributed by atoms with Crippen LogP contribution in [-0.2, 0) is 4.79 Å². The molecule has 1 heterocycles. The number of carbonyl (C=O) groups excluding carboxylic acids is 1. The lowest BCUT2D eigenvalue weighted by molar-refractivity contribution is -0.114. The second kappa shape index (κ2) is 5.76. The fraction of sp³-hybridized carbons (Fsp3) is 0.0833. The Morgan fingerprint density at radius 1 is 1.27 bits per heavy atom. The monoisotopic (exact) mass is 376 g/mol. The highest BCUT2D eigenvalue weighted by Gasteiger charge is 2.28. The Morgan fingerprint density at radius 2 is 1.82 bits per heavy atom. The second-order valence-electron chi connectivity index (χ2n) is 4.03. The van der Waals surface area contributed by atoms with Gasteiger partial charge in [-0.05, 0) is 15.9 Å². The molecule has 0 saturated heterocycles. The van der Waals surface area contributed by atoms with Gasteiger partial charge >= 0.3 is 0 Å². The van der Waals surface area contributed by atoms with E-state index in [1.165, 1.54) is 0 Å². The SMILES string of the molecule is CC(=O)Nc1c(C#N)cnn1-c1c(F)c(F)c(Br)c(F)c1F. The molecule has 114 valence electrons. The van der Waals surface area contributed by atoms with Gasteiger partial charge in [-0.15, -0.1) is 0 Å². The van der Waals surface area contributed by atoms with E-state index in [-0.39, 0.29) is 5.56 Å². The number of carbonyl (C=O) groups is 1. The van der Waals surface area contributed by atoms with E-state index in [1.54, 1.807) is 6.07 Å². The number of nitrogens with zero attached hydrogens (tertiary/aromatic N) is 3. The van der Waals surface area contributed by atoms with Crippen LogP contribution in [-0.4, -0.2) is 15.7 Å². The number of rotatable bonds is 2. The molecule has 0 aliphatic carbocycles. The molecule has 1 aromatic heterocycles. The molecule has 0 radical (unpaired) electrons. The lowest BCUT2D eigenvalue weighted by Crippen LogP contribution is -2.15. The van der Waals surface area contributed by atoms with Gasteiger partial charge in [-0.1, -0.05) is 0 Å². The zero-order chi connectivity index (χ0) is 16.6. The van der Waals surface area contributed by atoms with Gasteiger partial charge in [0.15, 0.2) is 29.1 Å². The number of amides is 1. The fourth-order valence-corrected chi connectivity index (χ4v) is 2.01. The molecule has 0 saturated carbocycles. The summed E-state index contributed by atoms with van der Waals surface area (Å²) in [6, 6.07) is 1.63. The van der Waals surface area contributed by atoms with Gasteiger partial charge in [0, 0.05) is 6.92 Å². The van der Waals surface area contributed by atoms with Crippen molar-refractivity contribution in [1.29, 1.82) is 5.26 Å². The lowest BCUT2D eigenvalue weighted by atomic mass is 10.2. The van der Waals surface area contributed by atoms with Crippen LogP contribution in [0.1, 0.15) is 12.5 Å². The van der Waals surface area contributed by atoms with Crippen molar-refractivity contribution in [2.45, 2.75) is 6.92 Å². The maximum Gasteiger partial charge on any atom is 0.222 e. The zero-order valence-electron chi connectivity index (χ0n) is 10.7. The molecule has 1 amide bonds. The average molecular weight is 377 g/mol. The summed E-state index contributed by atoms with van der Waals surface area (Å²) in [7, 11) is 0. The Morgan fingerprint density at radius 3 is 2.27 bits per heavy atom. The topological polar surface area (TPSA) is 70.7 Å². The van der Waals surface area contributed by atoms with E-state index >= 15 is 0 Å². The molecule has 2 rings (SSSR count). The molecule has 0 fully saturated rings. The van der Waals surface area contributed by atoms with Crippen LogP contribution >= 0.6 is 15.9 Å². The van der Waals surface area contributed by atoms with Gasteiger partial charge in [-0.3, -0.25) is 4.79 Å². The summed E-state index contributed by atoms with van der Waals surface area (Å²) in [4.78, 5) is 11.1. The molecule has 10 heteroatoms. The minimum atomic E-state index is -1.73. The van der Waals surface area contributed by atoms with E-state index < -0.39 is 45.2 Å². The molecule has 1 N–H and O–H groups in total. The Hall–Kier alpha value is -2.41. The molecule has 2 aromatic rings. The summed E-state index contributed by atoms with van der Waals surface area (Å²) in [6.45, 7) is 1.08. The van der Waals surface area contributed by atoms with Crippen LogP contribution < -0.4 is 5.32 Å². The Balaban J connectivity index is 2.81. The van der Waals surface area contributed by atoms with E-state index in [0.29, 0.717) is 4.68 Å². The smallest absolute Gasteiger partial charge is 0.222 e. The van der Waals surface area contributed by atoms with Crippen LogP contribution in [0.15, 0.2) is 10.7 Å². The Bertz CT molecular complexity index is 799. The van der Waals surface area contributed by atoms with Crippen molar-refractivity contribution in [2.75, 3.05) is 5.32 Å². The molecule has 0 aliphatic heterocycles. The van der Waals surface area contributed by atoms with Crippen LogP contribution in [0.25, 0.3) is 5.69 Å². The van der Waals surface area contributed by atoms with E-state index in [4.69, 9.17) is 5.26 Å². The number of hydrogen-bond donors (Lipinski definition) is 1. The minimum absolute atomic E-state index is 0.238. The lowest BCUT2D eigenvalue weighted by Gasteiger charge is -2.12. The van der Waals surface area contributed by atoms with E-state index in [9.17, 15) is 22.4 Å². The third kappa shape index (κ3) is 2.43. The number of nitriles is 1. The van der Waals surface area contributed by atoms with E-state index in [1.807, 2.05) is 0 Å². The van der Waals surface area contributed by atoms with Crippen LogP contribution in [0.4, 0.5) is 23.4 Å². The molecule has 5 nitrogen and oxygen atoms in total. The van der Waals surface area contributed by atoms with Gasteiger partial charge in [-0.25, -0.2) is 22.2 Å². The van der Waals surface area contributed by atoms with Crippen molar-refractivity contribution >= 4 is 27.7 Å². The molecule has 22 heavy (non-hydrogen) atoms. The summed E-state index contributed by atoms with van der Waals surface area (Å²) in [5.74, 6) is -7.88. The molecule has 0 atom stereocenters. The molecule has 1 aromatic carbocycles. The van der Waals surface area contributed by atoms with Crippen molar-refractivity contribution in [2.24, 2.45) is 0 Å². The normalized spacial score (nSPS) is 10.4. The van der Waals surface area contributed by atoms with E-state index in [0.717, 1.165) is 13.1 Å². The highest BCUT2D eigenvalue weighted by Crippen LogP contribution is 2.32. The first kappa shape index (κ1) is 16.0. The van der Waals surface area contributed by atoms with Crippen LogP contribution in [0.3, 0.4) is 0 Å². The largest absolute Gasteiger partial charge is 0.310 e. The van der Waals surface area contributed by atoms with Gasteiger partial charge < -0.3 is 5.32 Å². The standard InChI is InChI=1S/C12H5BrF4N4O/c1-4(22)20-12-5(2-18)3-19-21(12)11-9(16)7(14)6(13)8(15)10(11)17/h3H,1H3,(H,20,22). The summed E-state index contributed by atoms with van der Waals surface area (Å²) in [6.07, 6.45) is 0.891. The molecule has 0 aliphatic rings. The summed E-state index contributed by atoms with van der Waals surface area (Å²) in [5.41, 5.74) is -1.43. The molecule has 0 spiro atoms. The number of aromatic nitrogens is 2. The van der Waals surface area contributed by atoms with Gasteiger partial charge in [0.25, 0.3) is 0 Å². The maximum absolute atomic E-state index is 14.0. The highest BCUT2D eigenvalue weighted by atomic mass is 79.9. The van der Waals surface area contributed by atoms with Crippen LogP contribution in [0, 0.1) is 34.6 Å². The third-order valence-electron chi connectivity index (χ3n) is 2.58. The fourth-order valence-electron chi connectivity index (χ4n) is 1.67. The van der Waals surface area contributed by atoms with Crippen molar-refractivity contribution in [3.63, 3.8) is 0 Å². The Kier molecular flexibility index (Phi) is 4.18. The highest BCUT2D eigenvalue weighted by molar-refractivity contribution is 9.10. The quantitative estimate of drug-likeness (QED) is 0.497. The van der Waals surface area contributed by atoms with Crippen molar-refractivity contribution in [1.82, 2.24) is 9.78 Å². The minimum Gasteiger partial charge on any atom is -0.310 e. The summed E-state index contributed by atoms with van der Waals surface area (Å²) in [5, 5.41) is 14.5. The van der Waals surface area contributed by atoms with Gasteiger partial charge in [-0.2, -0.15) is 10.4 Å². The van der Waals surface area contributed by atoms with Gasteiger partial charge in [0.05, 0.1) is 10.7 Å². The zero-order valence-corrected chi connectivity index (χ0v) is 12.3.